The summed E-state index contributed by atoms with van der Waals surface area (Å²) < 4.78 is 40.0. The first kappa shape index (κ1) is 17.3. The van der Waals surface area contributed by atoms with E-state index in [0.717, 1.165) is 16.7 Å². The van der Waals surface area contributed by atoms with E-state index >= 15 is 0 Å². The maximum Gasteiger partial charge on any atom is 0.417 e. The molecule has 0 amide bonds. The Balaban J connectivity index is 2.04. The fraction of sp³-hybridized carbons (Fsp3) is 0.182. The van der Waals surface area contributed by atoms with Crippen molar-refractivity contribution < 1.29 is 13.2 Å². The molecule has 0 atom stereocenters. The molecule has 25 heavy (non-hydrogen) atoms. The van der Waals surface area contributed by atoms with Crippen molar-refractivity contribution in [2.45, 2.75) is 26.9 Å². The van der Waals surface area contributed by atoms with Gasteiger partial charge in [-0.3, -0.25) is 0 Å². The van der Waals surface area contributed by atoms with Gasteiger partial charge >= 0.3 is 6.18 Å². The van der Waals surface area contributed by atoms with E-state index in [4.69, 9.17) is 0 Å². The highest BCUT2D eigenvalue weighted by Gasteiger charge is 2.33. The Morgan fingerprint density at radius 3 is 1.60 bits per heavy atom. The third-order valence-corrected chi connectivity index (χ3v) is 4.37. The maximum absolute atomic E-state index is 13.3. The van der Waals surface area contributed by atoms with Crippen LogP contribution in [0.4, 0.5) is 13.2 Å². The Morgan fingerprint density at radius 2 is 1.08 bits per heavy atom. The molecule has 0 unspecified atom stereocenters. The van der Waals surface area contributed by atoms with Crippen molar-refractivity contribution in [3.05, 3.63) is 82.9 Å². The summed E-state index contributed by atoms with van der Waals surface area (Å²) >= 11 is 0. The van der Waals surface area contributed by atoms with Gasteiger partial charge in [-0.05, 0) is 54.7 Å². The highest BCUT2D eigenvalue weighted by atomic mass is 19.4. The second kappa shape index (κ2) is 6.40. The molecule has 0 spiro atoms. The topological polar surface area (TPSA) is 0 Å². The van der Waals surface area contributed by atoms with E-state index in [0.29, 0.717) is 11.1 Å². The average molecular weight is 340 g/mol. The van der Waals surface area contributed by atoms with Crippen molar-refractivity contribution in [2.24, 2.45) is 0 Å². The molecular weight excluding hydrogens is 321 g/mol. The van der Waals surface area contributed by atoms with E-state index < -0.39 is 11.7 Å². The molecule has 0 saturated heterocycles. The Labute approximate surface area is 146 Å². The fourth-order valence-corrected chi connectivity index (χ4v) is 3.11. The predicted octanol–water partition coefficient (Wildman–Crippen LogP) is 6.96. The van der Waals surface area contributed by atoms with Gasteiger partial charge in [0.15, 0.2) is 0 Å². The summed E-state index contributed by atoms with van der Waals surface area (Å²) in [6.45, 7) is 5.75. The minimum Gasteiger partial charge on any atom is -0.166 e. The minimum absolute atomic E-state index is 0.213. The Morgan fingerprint density at radius 1 is 0.600 bits per heavy atom. The van der Waals surface area contributed by atoms with Crippen LogP contribution in [-0.2, 0) is 6.18 Å². The molecule has 0 aliphatic carbocycles. The van der Waals surface area contributed by atoms with Gasteiger partial charge in [0, 0.05) is 0 Å². The number of hydrogen-bond donors (Lipinski definition) is 0. The van der Waals surface area contributed by atoms with Crippen LogP contribution in [0.3, 0.4) is 0 Å². The summed E-state index contributed by atoms with van der Waals surface area (Å²) in [6.07, 6.45) is -4.37. The molecule has 0 fully saturated rings. The summed E-state index contributed by atoms with van der Waals surface area (Å²) in [5.41, 5.74) is 5.23. The van der Waals surface area contributed by atoms with Crippen LogP contribution < -0.4 is 0 Å². The molecule has 3 aromatic carbocycles. The van der Waals surface area contributed by atoms with Crippen LogP contribution >= 0.6 is 0 Å². The molecule has 0 N–H and O–H groups in total. The summed E-state index contributed by atoms with van der Waals surface area (Å²) in [7, 11) is 0. The SMILES string of the molecule is Cc1ccc(-c2ccc(-c3ccc(C)cc3C(F)(F)F)cc2)c(C)c1. The third kappa shape index (κ3) is 3.60. The molecule has 0 aromatic heterocycles. The van der Waals surface area contributed by atoms with Crippen LogP contribution in [-0.4, -0.2) is 0 Å². The standard InChI is InChI=1S/C22H19F3/c1-14-4-10-19(16(3)12-14)17-6-8-18(9-7-17)20-11-5-15(2)13-21(20)22(23,24)25/h4-13H,1-3H3. The molecule has 0 saturated carbocycles. The first-order chi connectivity index (χ1) is 11.8. The van der Waals surface area contributed by atoms with Gasteiger partial charge in [0.1, 0.15) is 0 Å². The first-order valence-corrected chi connectivity index (χ1v) is 8.11. The number of rotatable bonds is 2. The fourth-order valence-electron chi connectivity index (χ4n) is 3.11. The molecule has 128 valence electrons. The highest BCUT2D eigenvalue weighted by Crippen LogP contribution is 2.38. The zero-order chi connectivity index (χ0) is 18.2. The zero-order valence-corrected chi connectivity index (χ0v) is 14.4. The van der Waals surface area contributed by atoms with E-state index in [2.05, 4.69) is 6.07 Å². The number of hydrogen-bond acceptors (Lipinski definition) is 0. The van der Waals surface area contributed by atoms with E-state index in [-0.39, 0.29) is 5.56 Å². The van der Waals surface area contributed by atoms with Gasteiger partial charge < -0.3 is 0 Å². The summed E-state index contributed by atoms with van der Waals surface area (Å²) in [5.74, 6) is 0. The Bertz CT molecular complexity index is 904. The number of halogens is 3. The number of benzene rings is 3. The molecule has 3 heteroatoms. The van der Waals surface area contributed by atoms with E-state index in [1.54, 1.807) is 31.2 Å². The van der Waals surface area contributed by atoms with Gasteiger partial charge in [-0.25, -0.2) is 0 Å². The second-order valence-corrected chi connectivity index (χ2v) is 6.44. The Kier molecular flexibility index (Phi) is 4.42. The van der Waals surface area contributed by atoms with Crippen molar-refractivity contribution in [3.8, 4) is 22.3 Å². The monoisotopic (exact) mass is 340 g/mol. The molecule has 0 nitrogen and oxygen atoms in total. The quantitative estimate of drug-likeness (QED) is 0.473. The molecule has 3 rings (SSSR count). The van der Waals surface area contributed by atoms with Gasteiger partial charge in [-0.15, -0.1) is 0 Å². The van der Waals surface area contributed by atoms with Crippen LogP contribution in [0.2, 0.25) is 0 Å². The van der Waals surface area contributed by atoms with Gasteiger partial charge in [-0.2, -0.15) is 13.2 Å². The van der Waals surface area contributed by atoms with Crippen molar-refractivity contribution in [2.75, 3.05) is 0 Å². The van der Waals surface area contributed by atoms with Crippen LogP contribution in [0.5, 0.6) is 0 Å². The lowest BCUT2D eigenvalue weighted by Crippen LogP contribution is -2.07. The molecular formula is C22H19F3. The highest BCUT2D eigenvalue weighted by molar-refractivity contribution is 5.74. The van der Waals surface area contributed by atoms with E-state index in [9.17, 15) is 13.2 Å². The summed E-state index contributed by atoms with van der Waals surface area (Å²) in [5, 5.41) is 0. The van der Waals surface area contributed by atoms with Crippen LogP contribution in [0.1, 0.15) is 22.3 Å². The Hall–Kier alpha value is -2.55. The molecule has 0 bridgehead atoms. The lowest BCUT2D eigenvalue weighted by Gasteiger charge is -2.15. The predicted molar refractivity (Wildman–Crippen MR) is 96.5 cm³/mol. The van der Waals surface area contributed by atoms with E-state index in [1.165, 1.54) is 11.6 Å². The number of alkyl halides is 3. The molecule has 3 aromatic rings. The van der Waals surface area contributed by atoms with Crippen molar-refractivity contribution in [3.63, 3.8) is 0 Å². The van der Waals surface area contributed by atoms with Gasteiger partial charge in [0.05, 0.1) is 5.56 Å². The lowest BCUT2D eigenvalue weighted by atomic mass is 9.94. The van der Waals surface area contributed by atoms with Crippen molar-refractivity contribution in [1.29, 1.82) is 0 Å². The van der Waals surface area contributed by atoms with Gasteiger partial charge in [-0.1, -0.05) is 65.7 Å². The van der Waals surface area contributed by atoms with Crippen molar-refractivity contribution >= 4 is 0 Å². The first-order valence-electron chi connectivity index (χ1n) is 8.11. The lowest BCUT2D eigenvalue weighted by molar-refractivity contribution is -0.137. The zero-order valence-electron chi connectivity index (χ0n) is 14.4. The summed E-state index contributed by atoms with van der Waals surface area (Å²) in [6, 6.07) is 17.9. The largest absolute Gasteiger partial charge is 0.417 e. The van der Waals surface area contributed by atoms with Gasteiger partial charge in [0.2, 0.25) is 0 Å². The minimum atomic E-state index is -4.37. The molecule has 0 heterocycles. The summed E-state index contributed by atoms with van der Waals surface area (Å²) in [4.78, 5) is 0. The van der Waals surface area contributed by atoms with Crippen LogP contribution in [0.15, 0.2) is 60.7 Å². The van der Waals surface area contributed by atoms with Gasteiger partial charge in [0.25, 0.3) is 0 Å². The second-order valence-electron chi connectivity index (χ2n) is 6.44. The molecule has 0 aliphatic rings. The van der Waals surface area contributed by atoms with Crippen LogP contribution in [0.25, 0.3) is 22.3 Å². The molecule has 0 radical (unpaired) electrons. The number of aryl methyl sites for hydroxylation is 3. The normalized spacial score (nSPS) is 11.6. The van der Waals surface area contributed by atoms with Crippen LogP contribution in [0, 0.1) is 20.8 Å². The third-order valence-electron chi connectivity index (χ3n) is 4.37. The van der Waals surface area contributed by atoms with E-state index in [1.807, 2.05) is 38.1 Å². The maximum atomic E-state index is 13.3. The van der Waals surface area contributed by atoms with Crippen molar-refractivity contribution in [1.82, 2.24) is 0 Å². The molecule has 0 aliphatic heterocycles. The average Bonchev–Trinajstić information content (AvgIpc) is 2.54. The smallest absolute Gasteiger partial charge is 0.166 e.